The van der Waals surface area contributed by atoms with Gasteiger partial charge in [-0.3, -0.25) is 28.7 Å². The van der Waals surface area contributed by atoms with Crippen LogP contribution in [0.3, 0.4) is 0 Å². The number of benzene rings is 5. The van der Waals surface area contributed by atoms with Gasteiger partial charge in [0.25, 0.3) is 26.2 Å². The third-order valence-corrected chi connectivity index (χ3v) is 25.1. The summed E-state index contributed by atoms with van der Waals surface area (Å²) in [5.41, 5.74) is 10.1. The average molecular weight is 2010 g/mol. The maximum Gasteiger partial charge on any atom is 0.292 e. The molecule has 37 heteroatoms. The van der Waals surface area contributed by atoms with Crippen molar-refractivity contribution < 1.29 is 67.9 Å². The number of aromatic nitrogens is 7. The molecule has 12 aromatic rings. The van der Waals surface area contributed by atoms with E-state index in [1.54, 1.807) is 49.5 Å². The van der Waals surface area contributed by atoms with E-state index in [4.69, 9.17) is 134 Å². The van der Waals surface area contributed by atoms with E-state index in [2.05, 4.69) is 84.2 Å². The van der Waals surface area contributed by atoms with Gasteiger partial charge in [0.15, 0.2) is 0 Å². The fourth-order valence-corrected chi connectivity index (χ4v) is 17.4. The summed E-state index contributed by atoms with van der Waals surface area (Å²) < 4.78 is 79.4. The van der Waals surface area contributed by atoms with Crippen molar-refractivity contribution in [1.82, 2.24) is 64.3 Å². The van der Waals surface area contributed by atoms with Crippen LogP contribution < -0.4 is 14.2 Å². The Morgan fingerprint density at radius 2 is 0.722 bits per heavy atom. The minimum absolute atomic E-state index is 0.0397. The van der Waals surface area contributed by atoms with E-state index in [-0.39, 0.29) is 35.0 Å². The van der Waals surface area contributed by atoms with E-state index >= 15 is 0 Å². The van der Waals surface area contributed by atoms with E-state index < -0.39 is 10.1 Å². The summed E-state index contributed by atoms with van der Waals surface area (Å²) >= 11 is 46.9. The second-order valence-electron chi connectivity index (χ2n) is 33.2. The van der Waals surface area contributed by atoms with Crippen molar-refractivity contribution in [3.63, 3.8) is 0 Å². The zero-order valence-corrected chi connectivity index (χ0v) is 81.9. The number of likely N-dealkylation sites (tertiary alicyclic amines) is 6. The van der Waals surface area contributed by atoms with Gasteiger partial charge in [-0.05, 0) is 282 Å². The van der Waals surface area contributed by atoms with Crippen molar-refractivity contribution in [1.29, 1.82) is 0 Å². The Morgan fingerprint density at radius 3 is 1.05 bits per heavy atom. The lowest BCUT2D eigenvalue weighted by molar-refractivity contribution is 0.218. The largest absolute Gasteiger partial charge is 0.506 e. The van der Waals surface area contributed by atoms with E-state index in [0.29, 0.717) is 98.3 Å². The summed E-state index contributed by atoms with van der Waals surface area (Å²) in [5.74, 6) is 5.03. The van der Waals surface area contributed by atoms with Crippen LogP contribution in [0.2, 0.25) is 36.1 Å². The highest BCUT2D eigenvalue weighted by Crippen LogP contribution is 2.36. The molecule has 6 fully saturated rings. The number of hydrogen-bond acceptors (Lipinski definition) is 28. The first kappa shape index (κ1) is 104. The number of ether oxygens (including phenoxy) is 3. The Balaban J connectivity index is 0.000000144. The highest BCUT2D eigenvalue weighted by Gasteiger charge is 2.24. The molecule has 1 atom stereocenters. The Hall–Kier alpha value is -8.28. The van der Waals surface area contributed by atoms with Crippen LogP contribution in [0.1, 0.15) is 174 Å². The number of alkyl halides is 1. The van der Waals surface area contributed by atoms with Gasteiger partial charge in [-0.15, -0.1) is 11.6 Å². The van der Waals surface area contributed by atoms with Crippen molar-refractivity contribution in [3.8, 4) is 68.8 Å². The van der Waals surface area contributed by atoms with Gasteiger partial charge in [-0.25, -0.2) is 34.9 Å². The molecule has 0 aliphatic carbocycles. The predicted octanol–water partition coefficient (Wildman–Crippen LogP) is 23.4. The van der Waals surface area contributed by atoms with E-state index in [9.17, 15) is 13.5 Å². The van der Waals surface area contributed by atoms with E-state index in [0.717, 1.165) is 173 Å². The topological polar surface area (TPSA) is 313 Å². The number of aliphatic hydroxyl groups excluding tert-OH is 1. The van der Waals surface area contributed by atoms with Crippen LogP contribution in [-0.4, -0.2) is 193 Å². The van der Waals surface area contributed by atoms with Crippen molar-refractivity contribution in [2.45, 2.75) is 188 Å². The number of rotatable bonds is 30. The molecule has 7 aromatic heterocycles. The minimum Gasteiger partial charge on any atom is -0.506 e. The molecule has 2 N–H and O–H groups in total. The molecule has 5 aromatic carbocycles. The number of piperidine rings is 5. The van der Waals surface area contributed by atoms with Gasteiger partial charge in [0.2, 0.25) is 23.6 Å². The van der Waals surface area contributed by atoms with Gasteiger partial charge in [-0.2, -0.15) is 8.42 Å². The van der Waals surface area contributed by atoms with Crippen molar-refractivity contribution in [2.24, 2.45) is 0 Å². The number of nitrogens with zero attached hydrogens (tertiary/aromatic N) is 13. The van der Waals surface area contributed by atoms with Gasteiger partial charge in [0, 0.05) is 73.4 Å². The molecule has 718 valence electrons. The number of aliphatic hydroxyl groups is 1. The molecule has 0 amide bonds. The van der Waals surface area contributed by atoms with Crippen LogP contribution in [0.5, 0.6) is 23.0 Å². The first-order valence-corrected chi connectivity index (χ1v) is 50.3. The van der Waals surface area contributed by atoms with E-state index in [1.807, 2.05) is 84.9 Å². The SMILES string of the molecule is CC1CCCN1CCCOc1ccc(-c2nc(CN3CCCCC3)co2)cc1Cl.CS(=O)(=O)OCc1coc(Cl)n1.ClCCCOc1ccc(-c2nc(CN3CCCCC3)co2)cc1Cl.Clc1cc(-c2nc(CN3CCCCC3)co2)ccc1OCc1ccccc1.Clc1nc(CN2CCCCC2)co1.OCc1coc(Cl)n1.Oc1ccc(-c2nc(CN3CCCCC3)co2)cc1Cl. The van der Waals surface area contributed by atoms with Crippen LogP contribution >= 0.6 is 92.8 Å². The molecule has 6 aliphatic rings. The lowest BCUT2D eigenvalue weighted by atomic mass is 10.1. The Kier molecular flexibility index (Phi) is 43.0. The average Bonchev–Trinajstić information content (AvgIpc) is 1.75. The molecule has 13 heterocycles. The van der Waals surface area contributed by atoms with Crippen LogP contribution in [0.15, 0.2) is 178 Å². The number of aromatic hydroxyl groups is 1. The quantitative estimate of drug-likeness (QED) is 0.0240. The van der Waals surface area contributed by atoms with Crippen molar-refractivity contribution >= 4 is 103 Å². The molecule has 1 unspecified atom stereocenters. The molecular formula is C96H117Cl8N13O15S. The van der Waals surface area contributed by atoms with Crippen molar-refractivity contribution in [2.75, 3.05) is 104 Å². The lowest BCUT2D eigenvalue weighted by Gasteiger charge is -2.25. The predicted molar refractivity (Wildman–Crippen MR) is 517 cm³/mol. The monoisotopic (exact) mass is 2000 g/mol. The number of phenols is 1. The first-order valence-electron chi connectivity index (χ1n) is 45.3. The van der Waals surface area contributed by atoms with Gasteiger partial charge < -0.3 is 60.2 Å². The van der Waals surface area contributed by atoms with Crippen LogP contribution in [0.25, 0.3) is 45.8 Å². The summed E-state index contributed by atoms with van der Waals surface area (Å²) in [6, 6.07) is 32.7. The standard InChI is InChI=1S/C23H32ClN3O2.C22H23ClN2O2.C18H22Cl2N2O2.C15H17ClN2O2.C9H13ClN2O.C5H6ClNO4S.C4H4ClNO2/c1-18-7-5-12-27(18)13-6-14-28-22-9-8-19(15-21(22)24)23-25-20(17-29-23)16-26-10-3-2-4-11-26;23-20-13-18(9-10-21(20)26-15-17-7-3-1-4-8-17)22-24-19(16-27-22)14-25-11-5-2-6-12-25;19-7-4-10-23-17-6-5-14(11-16(17)20)18-21-15(13-24-18)12-22-8-2-1-3-9-22;16-13-8-11(4-5-14(13)19)15-17-12(10-20-15)9-18-6-2-1-3-7-18;10-9-11-8(7-13-9)6-12-4-2-1-3-5-12;1-12(8,9)11-3-4-2-10-5(6)7-4;5-4-6-3(1-7)2-8-4/h8-9,15,17-18H,2-7,10-14,16H2,1H3;1,3-4,7-10,13,16H,2,5-6,11-12,14-15H2;5-6,11,13H,1-4,7-10,12H2;4-5,8,10,19H,1-3,6-7,9H2;7H,1-6H2;2H,3H2,1H3;2,7H,1H2. The summed E-state index contributed by atoms with van der Waals surface area (Å²) in [5, 5.41) is 20.1. The Morgan fingerprint density at radius 1 is 0.383 bits per heavy atom. The number of halogens is 8. The zero-order chi connectivity index (χ0) is 93.5. The highest BCUT2D eigenvalue weighted by molar-refractivity contribution is 7.85. The van der Waals surface area contributed by atoms with Gasteiger partial charge in [0.1, 0.15) is 91.4 Å². The highest BCUT2D eigenvalue weighted by atomic mass is 35.5. The molecule has 0 bridgehead atoms. The van der Waals surface area contributed by atoms with Crippen LogP contribution in [0.4, 0.5) is 0 Å². The zero-order valence-electron chi connectivity index (χ0n) is 75.1. The normalized spacial score (nSPS) is 16.4. The molecule has 6 saturated heterocycles. The van der Waals surface area contributed by atoms with E-state index in [1.165, 1.54) is 141 Å². The van der Waals surface area contributed by atoms with Crippen molar-refractivity contribution in [3.05, 3.63) is 229 Å². The van der Waals surface area contributed by atoms with Gasteiger partial charge >= 0.3 is 0 Å². The molecule has 0 saturated carbocycles. The molecule has 133 heavy (non-hydrogen) atoms. The second kappa shape index (κ2) is 55.2. The molecule has 6 aliphatic heterocycles. The fraction of sp³-hybridized carbons (Fsp3) is 0.469. The molecular weight excluding hydrogens is 1890 g/mol. The Labute approximate surface area is 817 Å². The lowest BCUT2D eigenvalue weighted by Crippen LogP contribution is -2.29. The molecule has 28 nitrogen and oxygen atoms in total. The third-order valence-electron chi connectivity index (χ3n) is 22.6. The maximum absolute atomic E-state index is 10.5. The maximum atomic E-state index is 10.5. The molecule has 18 rings (SSSR count). The second-order valence-corrected chi connectivity index (χ2v) is 37.8. The van der Waals surface area contributed by atoms with Crippen LogP contribution in [0, 0.1) is 0 Å². The number of hydrogen-bond donors (Lipinski definition) is 2. The fourth-order valence-electron chi connectivity index (χ4n) is 15.6. The summed E-state index contributed by atoms with van der Waals surface area (Å²) in [6.07, 6.45) is 35.9. The van der Waals surface area contributed by atoms with Gasteiger partial charge in [0.05, 0.1) is 74.6 Å². The number of oxazole rings is 7. The number of phenolic OH excluding ortho intramolecular Hbond substituents is 1. The molecule has 0 radical (unpaired) electrons. The van der Waals surface area contributed by atoms with Gasteiger partial charge in [-0.1, -0.05) is 109 Å². The Bertz CT molecular complexity index is 5510. The molecule has 0 spiro atoms. The first-order chi connectivity index (χ1) is 64.6. The van der Waals surface area contributed by atoms with Crippen LogP contribution in [-0.2, 0) is 66.8 Å². The third kappa shape index (κ3) is 36.0. The smallest absolute Gasteiger partial charge is 0.292 e. The summed E-state index contributed by atoms with van der Waals surface area (Å²) in [4.78, 5) is 44.3. The summed E-state index contributed by atoms with van der Waals surface area (Å²) in [7, 11) is -3.44. The minimum atomic E-state index is -3.44. The summed E-state index contributed by atoms with van der Waals surface area (Å²) in [6.45, 7) is 21.8.